The van der Waals surface area contributed by atoms with Gasteiger partial charge in [0.2, 0.25) is 0 Å². The van der Waals surface area contributed by atoms with Crippen molar-refractivity contribution in [3.63, 3.8) is 0 Å². The van der Waals surface area contributed by atoms with Gasteiger partial charge in [0.1, 0.15) is 0 Å². The van der Waals surface area contributed by atoms with Crippen LogP contribution in [0.3, 0.4) is 0 Å². The maximum Gasteiger partial charge on any atom is 0.312 e. The quantitative estimate of drug-likeness (QED) is 0.807. The number of primary amides is 1. The first-order valence-electron chi connectivity index (χ1n) is 7.49. The molecule has 2 amide bonds. The van der Waals surface area contributed by atoms with E-state index in [0.717, 1.165) is 29.3 Å². The second-order valence-corrected chi connectivity index (χ2v) is 6.14. The molecule has 1 fully saturated rings. The summed E-state index contributed by atoms with van der Waals surface area (Å²) in [6.07, 6.45) is 3.81. The van der Waals surface area contributed by atoms with E-state index >= 15 is 0 Å². The van der Waals surface area contributed by atoms with Crippen molar-refractivity contribution in [2.24, 2.45) is 18.7 Å². The molecule has 2 aromatic rings. The first kappa shape index (κ1) is 14.6. The van der Waals surface area contributed by atoms with Gasteiger partial charge in [-0.2, -0.15) is 5.10 Å². The van der Waals surface area contributed by atoms with E-state index in [-0.39, 0.29) is 6.04 Å². The van der Waals surface area contributed by atoms with Crippen LogP contribution >= 0.6 is 0 Å². The molecule has 22 heavy (non-hydrogen) atoms. The Morgan fingerprint density at radius 2 is 2.09 bits per heavy atom. The molecule has 0 saturated carbocycles. The van der Waals surface area contributed by atoms with Gasteiger partial charge in [0.05, 0.1) is 11.6 Å². The summed E-state index contributed by atoms with van der Waals surface area (Å²) < 4.78 is 1.77. The summed E-state index contributed by atoms with van der Waals surface area (Å²) in [7, 11) is 1.88. The zero-order valence-corrected chi connectivity index (χ0v) is 12.8. The second kappa shape index (κ2) is 5.44. The third kappa shape index (κ3) is 2.56. The number of carbonyl (C=O) groups is 2. The number of benzene rings is 1. The van der Waals surface area contributed by atoms with Crippen LogP contribution in [0.5, 0.6) is 0 Å². The molecule has 1 aliphatic heterocycles. The van der Waals surface area contributed by atoms with E-state index in [4.69, 9.17) is 5.73 Å². The number of hydrogen-bond donors (Lipinski definition) is 1. The molecule has 1 aliphatic rings. The zero-order chi connectivity index (χ0) is 15.9. The molecule has 0 spiro atoms. The number of hydrogen-bond acceptors (Lipinski definition) is 3. The van der Waals surface area contributed by atoms with Crippen molar-refractivity contribution in [1.29, 1.82) is 0 Å². The van der Waals surface area contributed by atoms with Crippen molar-refractivity contribution in [3.8, 4) is 0 Å². The molecule has 2 N–H and O–H groups in total. The van der Waals surface area contributed by atoms with Crippen LogP contribution in [-0.4, -0.2) is 33.0 Å². The molecular weight excluding hydrogens is 280 g/mol. The number of amides is 2. The molecule has 6 heteroatoms. The van der Waals surface area contributed by atoms with E-state index in [1.165, 1.54) is 0 Å². The smallest absolute Gasteiger partial charge is 0.312 e. The Labute approximate surface area is 128 Å². The van der Waals surface area contributed by atoms with Crippen LogP contribution in [0.4, 0.5) is 0 Å². The second-order valence-electron chi connectivity index (χ2n) is 6.14. The number of likely N-dealkylation sites (tertiary alicyclic amines) is 1. The highest BCUT2D eigenvalue weighted by atomic mass is 16.2. The summed E-state index contributed by atoms with van der Waals surface area (Å²) in [6, 6.07) is 5.89. The Balaban J connectivity index is 1.97. The van der Waals surface area contributed by atoms with E-state index < -0.39 is 11.8 Å². The van der Waals surface area contributed by atoms with E-state index in [9.17, 15) is 9.59 Å². The van der Waals surface area contributed by atoms with Crippen LogP contribution in [0, 0.1) is 5.92 Å². The molecule has 2 atom stereocenters. The third-order valence-electron chi connectivity index (χ3n) is 4.32. The molecule has 1 aromatic carbocycles. The lowest BCUT2D eigenvalue weighted by Crippen LogP contribution is -2.46. The van der Waals surface area contributed by atoms with Crippen molar-refractivity contribution in [2.75, 3.05) is 6.54 Å². The zero-order valence-electron chi connectivity index (χ0n) is 12.8. The van der Waals surface area contributed by atoms with Crippen molar-refractivity contribution >= 4 is 22.7 Å². The number of aryl methyl sites for hydroxylation is 1. The minimum absolute atomic E-state index is 0.0965. The fourth-order valence-electron chi connectivity index (χ4n) is 3.24. The van der Waals surface area contributed by atoms with E-state index in [1.54, 1.807) is 9.58 Å². The molecule has 1 aromatic heterocycles. The monoisotopic (exact) mass is 300 g/mol. The van der Waals surface area contributed by atoms with Gasteiger partial charge in [0.25, 0.3) is 0 Å². The summed E-state index contributed by atoms with van der Waals surface area (Å²) in [6.45, 7) is 2.65. The summed E-state index contributed by atoms with van der Waals surface area (Å²) >= 11 is 0. The fourth-order valence-corrected chi connectivity index (χ4v) is 3.24. The average Bonchev–Trinajstić information content (AvgIpc) is 2.85. The topological polar surface area (TPSA) is 81.2 Å². The molecule has 3 rings (SSSR count). The number of aromatic nitrogens is 2. The largest absolute Gasteiger partial charge is 0.361 e. The number of nitrogens with zero attached hydrogens (tertiary/aromatic N) is 3. The van der Waals surface area contributed by atoms with Crippen molar-refractivity contribution in [2.45, 2.75) is 25.8 Å². The molecule has 0 bridgehead atoms. The predicted molar refractivity (Wildman–Crippen MR) is 82.8 cm³/mol. The van der Waals surface area contributed by atoms with E-state index in [2.05, 4.69) is 12.0 Å². The number of carbonyl (C=O) groups excluding carboxylic acids is 2. The number of piperidine rings is 1. The summed E-state index contributed by atoms with van der Waals surface area (Å²) in [5.74, 6) is -1.11. The van der Waals surface area contributed by atoms with Gasteiger partial charge in [-0.05, 0) is 36.5 Å². The Morgan fingerprint density at radius 1 is 1.32 bits per heavy atom. The minimum atomic E-state index is -0.887. The van der Waals surface area contributed by atoms with Gasteiger partial charge < -0.3 is 10.6 Å². The number of fused-ring (bicyclic) bond motifs is 1. The summed E-state index contributed by atoms with van der Waals surface area (Å²) in [5.41, 5.74) is 7.15. The van der Waals surface area contributed by atoms with Gasteiger partial charge in [-0.25, -0.2) is 0 Å². The van der Waals surface area contributed by atoms with Gasteiger partial charge in [-0.3, -0.25) is 14.3 Å². The van der Waals surface area contributed by atoms with Crippen molar-refractivity contribution in [1.82, 2.24) is 14.7 Å². The number of rotatable bonds is 1. The van der Waals surface area contributed by atoms with Gasteiger partial charge in [-0.1, -0.05) is 13.0 Å². The van der Waals surface area contributed by atoms with Gasteiger partial charge >= 0.3 is 11.8 Å². The minimum Gasteiger partial charge on any atom is -0.361 e. The summed E-state index contributed by atoms with van der Waals surface area (Å²) in [4.78, 5) is 25.1. The molecule has 0 radical (unpaired) electrons. The van der Waals surface area contributed by atoms with Gasteiger partial charge in [0.15, 0.2) is 0 Å². The molecule has 0 unspecified atom stereocenters. The van der Waals surface area contributed by atoms with Crippen LogP contribution in [-0.2, 0) is 16.6 Å². The standard InChI is InChI=1S/C16H20N4O2/c1-10-3-6-14(20(8-10)16(22)15(17)21)11-4-5-13-12(7-11)9-19(2)18-13/h4-5,7,9-10,14H,3,6,8H2,1-2H3,(H2,17,21)/t10-,14+/m0/s1. The Hall–Kier alpha value is -2.37. The predicted octanol–water partition coefficient (Wildman–Crippen LogP) is 1.36. The highest BCUT2D eigenvalue weighted by Gasteiger charge is 2.33. The maximum absolute atomic E-state index is 12.1. The molecule has 6 nitrogen and oxygen atoms in total. The molecule has 0 aliphatic carbocycles. The molecule has 116 valence electrons. The van der Waals surface area contributed by atoms with Crippen molar-refractivity contribution in [3.05, 3.63) is 30.0 Å². The van der Waals surface area contributed by atoms with Gasteiger partial charge in [-0.15, -0.1) is 0 Å². The van der Waals surface area contributed by atoms with Gasteiger partial charge in [0, 0.05) is 25.2 Å². The van der Waals surface area contributed by atoms with E-state index in [0.29, 0.717) is 12.5 Å². The Bertz CT molecular complexity index is 737. The average molecular weight is 300 g/mol. The highest BCUT2D eigenvalue weighted by Crippen LogP contribution is 2.34. The maximum atomic E-state index is 12.1. The highest BCUT2D eigenvalue weighted by molar-refractivity contribution is 6.34. The van der Waals surface area contributed by atoms with Crippen LogP contribution in [0.1, 0.15) is 31.4 Å². The van der Waals surface area contributed by atoms with Crippen LogP contribution in [0.2, 0.25) is 0 Å². The first-order chi connectivity index (χ1) is 10.5. The lowest BCUT2D eigenvalue weighted by molar-refractivity contribution is -0.147. The van der Waals surface area contributed by atoms with Crippen molar-refractivity contribution < 1.29 is 9.59 Å². The molecule has 1 saturated heterocycles. The van der Waals surface area contributed by atoms with Crippen LogP contribution in [0.15, 0.2) is 24.4 Å². The third-order valence-corrected chi connectivity index (χ3v) is 4.32. The Morgan fingerprint density at radius 3 is 2.82 bits per heavy atom. The fraction of sp³-hybridized carbons (Fsp3) is 0.438. The molecule has 2 heterocycles. The normalized spacial score (nSPS) is 22.0. The lowest BCUT2D eigenvalue weighted by Gasteiger charge is -2.38. The lowest BCUT2D eigenvalue weighted by atomic mass is 9.89. The first-order valence-corrected chi connectivity index (χ1v) is 7.49. The van der Waals surface area contributed by atoms with Crippen LogP contribution < -0.4 is 5.73 Å². The Kier molecular flexibility index (Phi) is 3.60. The van der Waals surface area contributed by atoms with E-state index in [1.807, 2.05) is 31.4 Å². The summed E-state index contributed by atoms with van der Waals surface area (Å²) in [5, 5.41) is 5.39. The number of nitrogens with two attached hydrogens (primary N) is 1. The van der Waals surface area contributed by atoms with Crippen LogP contribution in [0.25, 0.3) is 10.9 Å². The SMILES string of the molecule is C[C@H]1CC[C@H](c2ccc3nn(C)cc3c2)N(C(=O)C(N)=O)C1. The molecular formula is C16H20N4O2.